The smallest absolute Gasteiger partial charge is 0.407 e. The predicted octanol–water partition coefficient (Wildman–Crippen LogP) is 14.4. The van der Waals surface area contributed by atoms with Crippen LogP contribution in [0.25, 0.3) is 83.9 Å². The van der Waals surface area contributed by atoms with Gasteiger partial charge in [-0.15, -0.1) is 20.4 Å². The van der Waals surface area contributed by atoms with Crippen LogP contribution in [0, 0.1) is 17.7 Å². The van der Waals surface area contributed by atoms with Gasteiger partial charge in [0.2, 0.25) is 11.8 Å². The number of likely N-dealkylation sites (tertiary alicyclic amines) is 2. The van der Waals surface area contributed by atoms with Crippen LogP contribution in [0.15, 0.2) is 102 Å². The Morgan fingerprint density at radius 2 is 0.940 bits per heavy atom. The topological polar surface area (TPSA) is 367 Å². The second-order valence-electron chi connectivity index (χ2n) is 31.3. The van der Waals surface area contributed by atoms with E-state index in [0.29, 0.717) is 79.5 Å². The zero-order chi connectivity index (χ0) is 93.8. The summed E-state index contributed by atoms with van der Waals surface area (Å²) in [5.74, 6) is -8.20. The number of carboxylic acid groups (broad SMARTS) is 1. The third kappa shape index (κ3) is 15.6. The summed E-state index contributed by atoms with van der Waals surface area (Å²) in [6.45, 7) is -4.55. The number of aromatic nitrogens is 10. The molecule has 5 aromatic heterocycles. The number of carboxylic acids is 1. The number of ether oxygens (including phenoxy) is 3. The van der Waals surface area contributed by atoms with Crippen LogP contribution in [0.3, 0.4) is 0 Å². The van der Waals surface area contributed by atoms with Crippen LogP contribution in [0.1, 0.15) is 245 Å². The SMILES string of the molecule is [2H]C([2H])([2H])C([2H])(C([2H])([2H])[2H])[C@@]([2H])(NC(=O)OC)C(=O)N1CCC[C@H]1c1nc2ccc(-c3nnc(-c4ccc(C5=CN=C([C@@H]6CCCN6C(=O)[C@]([2H])(NC(=O)OC)C([2H])(C)C)C5)cc4)c4c3C3CCC4C3)cc2[nH]1.[2H]C([2H])([2H])C([2H])(C)[C@]([2H])(NC(=O)OC)C(=O)O.c1cc(-c2nnc(-c3ccc4nc([C@@H]5CCCN5)[nH]c4c3)c3c2C2CCC3C2)ccc1-c1cnc([C@@H]2CCCN2)[nH]1. The van der Waals surface area contributed by atoms with Crippen LogP contribution in [0.5, 0.6) is 0 Å². The van der Waals surface area contributed by atoms with Gasteiger partial charge in [0.1, 0.15) is 35.5 Å². The van der Waals surface area contributed by atoms with Gasteiger partial charge in [-0.2, -0.15) is 0 Å². The van der Waals surface area contributed by atoms with E-state index < -0.39 is 104 Å². The second kappa shape index (κ2) is 33.5. The van der Waals surface area contributed by atoms with Crippen molar-refractivity contribution in [3.8, 4) is 56.3 Å². The Hall–Kier alpha value is -11.3. The summed E-state index contributed by atoms with van der Waals surface area (Å²) < 4.78 is 133. The largest absolute Gasteiger partial charge is 0.480 e. The zero-order valence-electron chi connectivity index (χ0n) is 80.4. The fourth-order valence-corrected chi connectivity index (χ4v) is 18.4. The van der Waals surface area contributed by atoms with Crippen LogP contribution < -0.4 is 26.6 Å². The van der Waals surface area contributed by atoms with Crippen LogP contribution in [-0.2, 0) is 28.6 Å². The molecule has 5 unspecified atom stereocenters. The van der Waals surface area contributed by atoms with Gasteiger partial charge in [-0.3, -0.25) is 14.6 Å². The van der Waals surface area contributed by atoms with Gasteiger partial charge < -0.3 is 70.7 Å². The van der Waals surface area contributed by atoms with E-state index in [-0.39, 0.29) is 18.3 Å². The minimum atomic E-state index is -3.81. The molecule has 5 amide bonds. The molecule has 2 saturated carbocycles. The van der Waals surface area contributed by atoms with Gasteiger partial charge in [0.25, 0.3) is 0 Å². The van der Waals surface area contributed by atoms with E-state index in [0.717, 1.165) is 180 Å². The number of H-pyrrole nitrogens is 3. The molecule has 0 radical (unpaired) electrons. The standard InChI is InChI=1S/C48H57N9O6.C33H34N8.C7H13NO4/c1-25(2)40(52-47(60)62-5)45(58)56-19-7-9-36(56)35-23-32(24-49-35)27-11-13-28(14-12-27)42-38-29-15-16-30(21-29)39(38)43(55-54-42)31-17-18-33-34(22-31)51-44(50-33)37-10-8-20-57(37)46(59)41(26(3)4)53-48(61)63-6;1-3-24(34-13-1)32-36-17-27(39-32)18-5-7-19(8-6-18)30-28-20-9-10-21(15-20)29(28)31(41-40-30)22-11-12-23-26(16-22)38-33(37-23)25-4-2-14-35-25;1-4(2)5(6(9)10)8-7(11)12-3/h11-14,17-18,22,24-26,29-30,36-37,40-41H,7-10,15-16,19-21,23H2,1-6H3,(H,50,51)(H,52,60)(H,53,61);5-8,11-12,16-17,20-21,24-25,34-35H,1-4,9-10,13-15H2,(H,36,39)(H,37,38);4-5H,1-3H3,(H,8,11)(H,9,10)/t29?,30?,36-,37-,40+,41+;20?,21?,24-,25-;5-/m000/s1/i3D3,4D3,25D,26D,40D,41D;;1D3,4D,5D/t2m;4?,5-. The highest BCUT2D eigenvalue weighted by molar-refractivity contribution is 6.04. The van der Waals surface area contributed by atoms with Crippen LogP contribution in [-0.4, -0.2) is 179 Å². The normalized spacial score (nSPS) is 26.0. The molecule has 4 bridgehead atoms. The molecule has 9 aliphatic rings. The maximum absolute atomic E-state index is 14.4. The molecular formula is C88H104N18O10. The van der Waals surface area contributed by atoms with Gasteiger partial charge in [-0.05, 0) is 208 Å². The highest BCUT2D eigenvalue weighted by atomic mass is 16.5. The second-order valence-corrected chi connectivity index (χ2v) is 31.3. The number of nitrogens with zero attached hydrogens (tertiary/aromatic N) is 10. The summed E-state index contributed by atoms with van der Waals surface area (Å²) in [5, 5.41) is 41.1. The summed E-state index contributed by atoms with van der Waals surface area (Å²) in [5.41, 5.74) is 20.9. The highest BCUT2D eigenvalue weighted by Crippen LogP contribution is 2.59. The quantitative estimate of drug-likeness (QED) is 0.0340. The molecular weight excluding hydrogens is 1470 g/mol. The predicted molar refractivity (Wildman–Crippen MR) is 440 cm³/mol. The van der Waals surface area contributed by atoms with Gasteiger partial charge >= 0.3 is 24.2 Å². The van der Waals surface area contributed by atoms with E-state index >= 15 is 0 Å². The van der Waals surface area contributed by atoms with Crippen LogP contribution in [0.2, 0.25) is 0 Å². The molecule has 28 heteroatoms. The minimum Gasteiger partial charge on any atom is -0.480 e. The molecule has 9 N–H and O–H groups in total. The first-order chi connectivity index (χ1) is 61.9. The van der Waals surface area contributed by atoms with Crippen molar-refractivity contribution in [3.63, 3.8) is 0 Å². The van der Waals surface area contributed by atoms with Crippen molar-refractivity contribution in [1.29, 1.82) is 0 Å². The van der Waals surface area contributed by atoms with Crippen LogP contribution >= 0.6 is 0 Å². The molecule has 28 nitrogen and oxygen atoms in total. The van der Waals surface area contributed by atoms with E-state index in [4.69, 9.17) is 65.8 Å². The van der Waals surface area contributed by atoms with Crippen molar-refractivity contribution < 1.29 is 68.6 Å². The Bertz CT molecular complexity index is 5990. The van der Waals surface area contributed by atoms with E-state index in [2.05, 4.69) is 87.8 Å². The number of amides is 5. The Labute approximate surface area is 694 Å². The Morgan fingerprint density at radius 1 is 0.500 bits per heavy atom. The average Bonchev–Trinajstić information content (AvgIpc) is 1.44. The molecule has 6 fully saturated rings. The fraction of sp³-hybridized carbons (Fsp3) is 0.477. The molecule has 606 valence electrons. The number of hydrogen-bond donors (Lipinski definition) is 9. The molecule has 4 aliphatic carbocycles. The Balaban J connectivity index is 0.000000179. The number of aliphatic carboxylic acids is 1. The number of rotatable bonds is 19. The first-order valence-corrected chi connectivity index (χ1v) is 39.7. The molecule has 10 heterocycles. The van der Waals surface area contributed by atoms with Crippen molar-refractivity contribution >= 4 is 69.4 Å². The number of aromatic amines is 3. The summed E-state index contributed by atoms with van der Waals surface area (Å²) >= 11 is 0. The number of allylic oxidation sites excluding steroid dienone is 1. The highest BCUT2D eigenvalue weighted by Gasteiger charge is 2.45. The number of methoxy groups -OCH3 is 3. The first kappa shape index (κ1) is 62.1. The van der Waals surface area contributed by atoms with Crippen molar-refractivity contribution in [2.75, 3.05) is 47.5 Å². The monoisotopic (exact) mass is 1590 g/mol. The lowest BCUT2D eigenvalue weighted by Crippen LogP contribution is -2.53. The van der Waals surface area contributed by atoms with Gasteiger partial charge in [0.05, 0.1) is 106 Å². The molecule has 4 aromatic carbocycles. The molecule has 0 spiro atoms. The number of benzene rings is 4. The van der Waals surface area contributed by atoms with Gasteiger partial charge in [0.15, 0.2) is 0 Å². The van der Waals surface area contributed by atoms with E-state index in [1.165, 1.54) is 62.6 Å². The number of alkyl carbamates (subject to hydrolysis) is 3. The summed E-state index contributed by atoms with van der Waals surface area (Å²) in [6.07, 6.45) is 13.9. The molecule has 18 rings (SSSR count). The summed E-state index contributed by atoms with van der Waals surface area (Å²) in [6, 6.07) is 19.5. The maximum atomic E-state index is 14.4. The molecule has 9 aromatic rings. The van der Waals surface area contributed by atoms with Gasteiger partial charge in [0, 0.05) is 70.1 Å². The molecule has 5 aliphatic heterocycles. The lowest BCUT2D eigenvalue weighted by Gasteiger charge is -2.31. The fourth-order valence-electron chi connectivity index (χ4n) is 18.4. The number of fused-ring (bicyclic) bond motifs is 12. The third-order valence-corrected chi connectivity index (χ3v) is 24.0. The van der Waals surface area contributed by atoms with Crippen molar-refractivity contribution in [2.24, 2.45) is 22.7 Å². The molecule has 4 saturated heterocycles. The Kier molecular flexibility index (Phi) is 17.9. The average molecular weight is 1590 g/mol. The number of carbonyl (C=O) groups is 6. The molecule has 12 atom stereocenters. The number of aliphatic imine (C=N–C) groups is 1. The van der Waals surface area contributed by atoms with Crippen LogP contribution in [0.4, 0.5) is 14.4 Å². The number of nitrogens with one attached hydrogen (secondary N) is 8. The lowest BCUT2D eigenvalue weighted by molar-refractivity contribution is -0.140. The van der Waals surface area contributed by atoms with Gasteiger partial charge in [-0.1, -0.05) is 102 Å². The van der Waals surface area contributed by atoms with Crippen molar-refractivity contribution in [3.05, 3.63) is 143 Å². The van der Waals surface area contributed by atoms with E-state index in [1.807, 2.05) is 54.0 Å². The summed E-state index contributed by atoms with van der Waals surface area (Å²) in [4.78, 5) is 107. The van der Waals surface area contributed by atoms with E-state index in [9.17, 15) is 28.8 Å². The maximum Gasteiger partial charge on any atom is 0.407 e. The van der Waals surface area contributed by atoms with Crippen molar-refractivity contribution in [1.82, 2.24) is 86.7 Å². The molecule has 116 heavy (non-hydrogen) atoms. The zero-order valence-corrected chi connectivity index (χ0v) is 65.4. The van der Waals surface area contributed by atoms with Gasteiger partial charge in [-0.25, -0.2) is 34.1 Å². The number of hydrogen-bond acceptors (Lipinski definition) is 19. The third-order valence-electron chi connectivity index (χ3n) is 24.0. The summed E-state index contributed by atoms with van der Waals surface area (Å²) in [7, 11) is 2.97. The first-order valence-electron chi connectivity index (χ1n) is 47.2. The number of imidazole rings is 3. The van der Waals surface area contributed by atoms with E-state index in [1.54, 1.807) is 16.4 Å². The van der Waals surface area contributed by atoms with Crippen molar-refractivity contribution in [2.45, 2.75) is 204 Å². The lowest BCUT2D eigenvalue weighted by atomic mass is 9.86. The number of carbonyl (C=O) groups excluding carboxylic acids is 5. The minimum absolute atomic E-state index is 0.0377. The Morgan fingerprint density at radius 3 is 1.42 bits per heavy atom.